The average molecular weight is 413 g/mol. The van der Waals surface area contributed by atoms with E-state index in [0.29, 0.717) is 17.9 Å². The van der Waals surface area contributed by atoms with Crippen molar-refractivity contribution in [2.75, 3.05) is 0 Å². The number of carbonyl (C=O) groups is 2. The van der Waals surface area contributed by atoms with Crippen LogP contribution in [0.2, 0.25) is 0 Å². The molecule has 2 aromatic carbocycles. The van der Waals surface area contributed by atoms with E-state index >= 15 is 0 Å². The molecule has 152 valence electrons. The summed E-state index contributed by atoms with van der Waals surface area (Å²) in [6.07, 6.45) is 0.206. The van der Waals surface area contributed by atoms with E-state index in [1.54, 1.807) is 29.5 Å². The number of thiophene rings is 1. The first kappa shape index (κ1) is 22.3. The summed E-state index contributed by atoms with van der Waals surface area (Å²) in [6.45, 7) is 2.39. The molecule has 1 aromatic heterocycles. The maximum absolute atomic E-state index is 13.2. The van der Waals surface area contributed by atoms with Crippen molar-refractivity contribution >= 4 is 23.1 Å². The fraction of sp³-hybridized carbons (Fsp3) is 0.217. The van der Waals surface area contributed by atoms with Crippen LogP contribution < -0.4 is 4.74 Å². The largest absolute Gasteiger partial charge is 0.489 e. The van der Waals surface area contributed by atoms with Gasteiger partial charge >= 0.3 is 5.97 Å². The minimum absolute atomic E-state index is 0. The molecule has 0 radical (unpaired) electrons. The standard InChI is InChI=1S/C23H22O4S.H2O/c1-16-5-2-3-8-20(16)21(9-10-22(24)25)23(26)18-6-4-7-19(13-18)27-14-17-11-12-28-15-17;/h2-8,11-13,15,21H,9-10,14H2,1H3,(H,24,25);1H2. The lowest BCUT2D eigenvalue weighted by Crippen LogP contribution is -2.16. The van der Waals surface area contributed by atoms with Gasteiger partial charge in [0.1, 0.15) is 12.4 Å². The predicted octanol–water partition coefficient (Wildman–Crippen LogP) is 4.64. The average Bonchev–Trinajstić information content (AvgIpc) is 3.21. The van der Waals surface area contributed by atoms with Crippen LogP contribution in [0.5, 0.6) is 5.75 Å². The maximum Gasteiger partial charge on any atom is 0.303 e. The number of ketones is 1. The Morgan fingerprint density at radius 1 is 1.10 bits per heavy atom. The lowest BCUT2D eigenvalue weighted by Gasteiger charge is -2.18. The third-order valence-corrected chi connectivity index (χ3v) is 5.36. The Bertz CT molecular complexity index is 949. The normalized spacial score (nSPS) is 11.3. The Morgan fingerprint density at radius 3 is 2.59 bits per heavy atom. The molecule has 0 spiro atoms. The number of hydrogen-bond acceptors (Lipinski definition) is 4. The van der Waals surface area contributed by atoms with E-state index < -0.39 is 11.9 Å². The number of ether oxygens (including phenoxy) is 1. The van der Waals surface area contributed by atoms with E-state index in [9.17, 15) is 9.59 Å². The van der Waals surface area contributed by atoms with Gasteiger partial charge in [0.25, 0.3) is 0 Å². The van der Waals surface area contributed by atoms with Crippen molar-refractivity contribution in [3.63, 3.8) is 0 Å². The van der Waals surface area contributed by atoms with Gasteiger partial charge in [-0.05, 0) is 59.0 Å². The number of aliphatic carboxylic acids is 1. The minimum atomic E-state index is -0.903. The summed E-state index contributed by atoms with van der Waals surface area (Å²) in [5, 5.41) is 13.1. The number of benzene rings is 2. The van der Waals surface area contributed by atoms with Gasteiger partial charge in [0.2, 0.25) is 0 Å². The monoisotopic (exact) mass is 412 g/mol. The fourth-order valence-electron chi connectivity index (χ4n) is 3.16. The van der Waals surface area contributed by atoms with E-state index in [2.05, 4.69) is 0 Å². The first-order chi connectivity index (χ1) is 13.5. The van der Waals surface area contributed by atoms with Crippen LogP contribution in [0.15, 0.2) is 65.4 Å². The van der Waals surface area contributed by atoms with Gasteiger partial charge in [-0.15, -0.1) is 0 Å². The molecule has 0 aliphatic rings. The summed E-state index contributed by atoms with van der Waals surface area (Å²) >= 11 is 1.61. The van der Waals surface area contributed by atoms with E-state index in [1.165, 1.54) is 0 Å². The Balaban J connectivity index is 0.00000300. The van der Waals surface area contributed by atoms with Crippen molar-refractivity contribution in [1.82, 2.24) is 0 Å². The molecule has 3 rings (SSSR count). The minimum Gasteiger partial charge on any atom is -0.489 e. The zero-order chi connectivity index (χ0) is 19.9. The number of carboxylic acid groups (broad SMARTS) is 1. The SMILES string of the molecule is Cc1ccccc1C(CCC(=O)O)C(=O)c1cccc(OCc2ccsc2)c1.O. The second kappa shape index (κ2) is 10.5. The zero-order valence-corrected chi connectivity index (χ0v) is 16.9. The summed E-state index contributed by atoms with van der Waals surface area (Å²) in [4.78, 5) is 24.3. The highest BCUT2D eigenvalue weighted by Gasteiger charge is 2.24. The van der Waals surface area contributed by atoms with Crippen molar-refractivity contribution in [2.24, 2.45) is 0 Å². The van der Waals surface area contributed by atoms with Crippen molar-refractivity contribution in [2.45, 2.75) is 32.3 Å². The van der Waals surface area contributed by atoms with Crippen LogP contribution in [0.1, 0.15) is 45.8 Å². The molecule has 6 heteroatoms. The van der Waals surface area contributed by atoms with Gasteiger partial charge < -0.3 is 15.3 Å². The van der Waals surface area contributed by atoms with E-state index in [-0.39, 0.29) is 24.1 Å². The molecule has 0 amide bonds. The van der Waals surface area contributed by atoms with E-state index in [1.807, 2.05) is 54.1 Å². The molecule has 3 aromatic rings. The second-order valence-corrected chi connectivity index (χ2v) is 7.43. The lowest BCUT2D eigenvalue weighted by atomic mass is 9.85. The van der Waals surface area contributed by atoms with Gasteiger partial charge in [-0.25, -0.2) is 0 Å². The van der Waals surface area contributed by atoms with Gasteiger partial charge in [0.15, 0.2) is 5.78 Å². The summed E-state index contributed by atoms with van der Waals surface area (Å²) in [7, 11) is 0. The first-order valence-corrected chi connectivity index (χ1v) is 10.0. The van der Waals surface area contributed by atoms with E-state index in [0.717, 1.165) is 16.7 Å². The summed E-state index contributed by atoms with van der Waals surface area (Å²) in [5.41, 5.74) is 3.47. The van der Waals surface area contributed by atoms with Crippen molar-refractivity contribution in [3.05, 3.63) is 87.6 Å². The molecule has 3 N–H and O–H groups in total. The van der Waals surface area contributed by atoms with Crippen LogP contribution in [0.4, 0.5) is 0 Å². The number of carbonyl (C=O) groups excluding carboxylic acids is 1. The number of Topliss-reactive ketones (excluding diaryl/α,β-unsaturated/α-hetero) is 1. The van der Waals surface area contributed by atoms with Crippen LogP contribution in [0.25, 0.3) is 0 Å². The van der Waals surface area contributed by atoms with Crippen LogP contribution in [0, 0.1) is 6.92 Å². The van der Waals surface area contributed by atoms with Gasteiger partial charge in [-0.1, -0.05) is 36.4 Å². The second-order valence-electron chi connectivity index (χ2n) is 6.65. The number of carboxylic acids is 1. The molecule has 1 unspecified atom stereocenters. The molecule has 0 aliphatic heterocycles. The first-order valence-electron chi connectivity index (χ1n) is 9.10. The topological polar surface area (TPSA) is 95.1 Å². The Hall–Kier alpha value is -2.96. The molecule has 0 bridgehead atoms. The molecule has 0 aliphatic carbocycles. The Labute approximate surface area is 173 Å². The molecular formula is C23H24O5S. The Morgan fingerprint density at radius 2 is 1.90 bits per heavy atom. The molecule has 0 fully saturated rings. The molecule has 29 heavy (non-hydrogen) atoms. The highest BCUT2D eigenvalue weighted by molar-refractivity contribution is 7.07. The van der Waals surface area contributed by atoms with Gasteiger partial charge in [0, 0.05) is 17.9 Å². The lowest BCUT2D eigenvalue weighted by molar-refractivity contribution is -0.137. The van der Waals surface area contributed by atoms with Gasteiger partial charge in [-0.3, -0.25) is 9.59 Å². The van der Waals surface area contributed by atoms with Crippen molar-refractivity contribution < 1.29 is 24.9 Å². The van der Waals surface area contributed by atoms with Crippen molar-refractivity contribution in [3.8, 4) is 5.75 Å². The van der Waals surface area contributed by atoms with Crippen LogP contribution >= 0.6 is 11.3 Å². The van der Waals surface area contributed by atoms with Crippen LogP contribution in [-0.4, -0.2) is 22.3 Å². The number of aryl methyl sites for hydroxylation is 1. The fourth-order valence-corrected chi connectivity index (χ4v) is 3.81. The highest BCUT2D eigenvalue weighted by Crippen LogP contribution is 2.29. The molecule has 5 nitrogen and oxygen atoms in total. The Kier molecular flexibility index (Phi) is 8.12. The van der Waals surface area contributed by atoms with Gasteiger partial charge in [0.05, 0.1) is 0 Å². The molecular weight excluding hydrogens is 388 g/mol. The molecule has 1 heterocycles. The summed E-state index contributed by atoms with van der Waals surface area (Å²) in [6, 6.07) is 16.7. The number of hydrogen-bond donors (Lipinski definition) is 1. The maximum atomic E-state index is 13.2. The van der Waals surface area contributed by atoms with Crippen LogP contribution in [-0.2, 0) is 11.4 Å². The van der Waals surface area contributed by atoms with Crippen molar-refractivity contribution in [1.29, 1.82) is 0 Å². The van der Waals surface area contributed by atoms with Crippen LogP contribution in [0.3, 0.4) is 0 Å². The third kappa shape index (κ3) is 6.01. The third-order valence-electron chi connectivity index (χ3n) is 4.63. The molecule has 0 saturated carbocycles. The zero-order valence-electron chi connectivity index (χ0n) is 16.1. The predicted molar refractivity (Wildman–Crippen MR) is 114 cm³/mol. The quantitative estimate of drug-likeness (QED) is 0.518. The smallest absolute Gasteiger partial charge is 0.303 e. The molecule has 0 saturated heterocycles. The highest BCUT2D eigenvalue weighted by atomic mass is 32.1. The van der Waals surface area contributed by atoms with E-state index in [4.69, 9.17) is 9.84 Å². The summed E-state index contributed by atoms with van der Waals surface area (Å²) in [5.74, 6) is -0.862. The molecule has 1 atom stereocenters. The summed E-state index contributed by atoms with van der Waals surface area (Å²) < 4.78 is 5.81. The van der Waals surface area contributed by atoms with Gasteiger partial charge in [-0.2, -0.15) is 11.3 Å². The number of rotatable bonds is 9.